The summed E-state index contributed by atoms with van der Waals surface area (Å²) in [5, 5.41) is 20.5. The highest BCUT2D eigenvalue weighted by molar-refractivity contribution is 5.91. The average Bonchev–Trinajstić information content (AvgIpc) is 3.48. The van der Waals surface area contributed by atoms with Gasteiger partial charge >= 0.3 is 6.03 Å². The average molecular weight is 451 g/mol. The summed E-state index contributed by atoms with van der Waals surface area (Å²) in [5.41, 5.74) is 2.58. The maximum atomic E-state index is 13.9. The molecule has 172 valence electrons. The van der Waals surface area contributed by atoms with Crippen LogP contribution < -0.4 is 10.6 Å². The Morgan fingerprint density at radius 2 is 1.91 bits per heavy atom. The first-order valence-electron chi connectivity index (χ1n) is 11.2. The molecule has 4 rings (SSSR count). The smallest absolute Gasteiger partial charge is 0.342 e. The van der Waals surface area contributed by atoms with Crippen LogP contribution in [0.4, 0.5) is 14.9 Å². The molecule has 0 unspecified atom stereocenters. The molecule has 0 atom stereocenters. The number of aromatic nitrogens is 2. The van der Waals surface area contributed by atoms with E-state index < -0.39 is 6.03 Å². The minimum Gasteiger partial charge on any atom is -0.507 e. The highest BCUT2D eigenvalue weighted by atomic mass is 19.1. The molecule has 33 heavy (non-hydrogen) atoms. The largest absolute Gasteiger partial charge is 0.507 e. The number of carbonyl (C=O) groups excluding carboxylic acids is 2. The molecule has 7 nitrogen and oxygen atoms in total. The fraction of sp³-hybridized carbons (Fsp3) is 0.320. The maximum Gasteiger partial charge on any atom is 0.342 e. The number of benzene rings is 2. The Hall–Kier alpha value is -3.68. The lowest BCUT2D eigenvalue weighted by Crippen LogP contribution is -2.31. The molecule has 1 aliphatic rings. The van der Waals surface area contributed by atoms with E-state index in [0.29, 0.717) is 28.9 Å². The molecule has 0 bridgehead atoms. The Morgan fingerprint density at radius 3 is 2.61 bits per heavy atom. The van der Waals surface area contributed by atoms with Gasteiger partial charge in [-0.2, -0.15) is 9.78 Å². The summed E-state index contributed by atoms with van der Waals surface area (Å²) >= 11 is 0. The minimum atomic E-state index is -0.447. The zero-order valence-electron chi connectivity index (χ0n) is 18.5. The van der Waals surface area contributed by atoms with Gasteiger partial charge in [-0.25, -0.2) is 9.18 Å². The van der Waals surface area contributed by atoms with Crippen LogP contribution in [0.1, 0.15) is 56.2 Å². The number of carbonyl (C=O) groups is 2. The molecule has 1 aliphatic carbocycles. The third kappa shape index (κ3) is 5.05. The normalized spacial score (nSPS) is 13.8. The second-order valence-electron chi connectivity index (χ2n) is 8.23. The van der Waals surface area contributed by atoms with Crippen molar-refractivity contribution in [2.45, 2.75) is 51.5 Å². The van der Waals surface area contributed by atoms with Gasteiger partial charge < -0.3 is 15.7 Å². The van der Waals surface area contributed by atoms with Gasteiger partial charge in [-0.3, -0.25) is 4.79 Å². The van der Waals surface area contributed by atoms with Crippen molar-refractivity contribution in [2.75, 3.05) is 5.32 Å². The Bertz CT molecular complexity index is 1170. The molecule has 3 N–H and O–H groups in total. The molecule has 2 amide bonds. The zero-order valence-corrected chi connectivity index (χ0v) is 18.5. The van der Waals surface area contributed by atoms with Gasteiger partial charge in [0.15, 0.2) is 0 Å². The molecule has 0 spiro atoms. The fourth-order valence-corrected chi connectivity index (χ4v) is 4.17. The molecule has 8 heteroatoms. The summed E-state index contributed by atoms with van der Waals surface area (Å²) in [5.74, 6) is -0.384. The lowest BCUT2D eigenvalue weighted by atomic mass is 10.0. The van der Waals surface area contributed by atoms with Gasteiger partial charge in [0.2, 0.25) is 5.91 Å². The molecule has 1 aromatic heterocycles. The van der Waals surface area contributed by atoms with Crippen molar-refractivity contribution in [2.24, 2.45) is 0 Å². The van der Waals surface area contributed by atoms with Gasteiger partial charge in [0, 0.05) is 41.8 Å². The van der Waals surface area contributed by atoms with E-state index in [-0.39, 0.29) is 29.9 Å². The van der Waals surface area contributed by atoms with E-state index in [1.165, 1.54) is 16.8 Å². The first kappa shape index (κ1) is 22.5. The van der Waals surface area contributed by atoms with Crippen LogP contribution in [0.3, 0.4) is 0 Å². The van der Waals surface area contributed by atoms with Gasteiger partial charge in [0.25, 0.3) is 0 Å². The van der Waals surface area contributed by atoms with E-state index in [9.17, 15) is 19.1 Å². The number of amides is 2. The maximum absolute atomic E-state index is 13.9. The number of nitrogens with one attached hydrogen (secondary N) is 2. The standard InChI is InChI=1S/C25H27FN4O3/c1-2-24(32)28-18-11-12-19(23(31)13-18)21-14-22(16-7-3-4-8-16)30(29-21)25(33)27-15-17-9-5-6-10-20(17)26/h5-6,9-14,16,31H,2-4,7-8,15H2,1H3,(H,27,33)(H,28,32). The van der Waals surface area contributed by atoms with E-state index in [2.05, 4.69) is 15.7 Å². The van der Waals surface area contributed by atoms with E-state index in [1.807, 2.05) is 6.07 Å². The molecule has 1 fully saturated rings. The summed E-state index contributed by atoms with van der Waals surface area (Å²) in [6.45, 7) is 1.79. The van der Waals surface area contributed by atoms with E-state index in [1.54, 1.807) is 37.3 Å². The van der Waals surface area contributed by atoms with E-state index >= 15 is 0 Å². The SMILES string of the molecule is CCC(=O)Nc1ccc(-c2cc(C3CCCC3)n(C(=O)NCc3ccccc3F)n2)c(O)c1. The number of halogens is 1. The Kier molecular flexibility index (Phi) is 6.72. The molecule has 1 saturated carbocycles. The van der Waals surface area contributed by atoms with Crippen LogP contribution in [-0.2, 0) is 11.3 Å². The summed E-state index contributed by atoms with van der Waals surface area (Å²) in [4.78, 5) is 24.6. The third-order valence-electron chi connectivity index (χ3n) is 5.97. The minimum absolute atomic E-state index is 0.0433. The predicted molar refractivity (Wildman–Crippen MR) is 123 cm³/mol. The van der Waals surface area contributed by atoms with Gasteiger partial charge in [0.05, 0.1) is 11.4 Å². The Morgan fingerprint density at radius 1 is 1.15 bits per heavy atom. The van der Waals surface area contributed by atoms with Crippen molar-refractivity contribution in [3.05, 3.63) is 65.6 Å². The highest BCUT2D eigenvalue weighted by Gasteiger charge is 2.26. The van der Waals surface area contributed by atoms with Crippen molar-refractivity contribution >= 4 is 17.6 Å². The summed E-state index contributed by atoms with van der Waals surface area (Å²) in [7, 11) is 0. The number of nitrogens with zero attached hydrogens (tertiary/aromatic N) is 2. The monoisotopic (exact) mass is 450 g/mol. The number of aromatic hydroxyl groups is 1. The Balaban J connectivity index is 1.61. The van der Waals surface area contributed by atoms with Crippen LogP contribution in [0, 0.1) is 5.82 Å². The van der Waals surface area contributed by atoms with Gasteiger partial charge in [-0.1, -0.05) is 38.0 Å². The van der Waals surface area contributed by atoms with Crippen LogP contribution in [0.25, 0.3) is 11.3 Å². The second-order valence-corrected chi connectivity index (χ2v) is 8.23. The van der Waals surface area contributed by atoms with Crippen LogP contribution in [0.5, 0.6) is 5.75 Å². The van der Waals surface area contributed by atoms with Crippen LogP contribution >= 0.6 is 0 Å². The molecular weight excluding hydrogens is 423 g/mol. The number of hydrogen-bond donors (Lipinski definition) is 3. The number of hydrogen-bond acceptors (Lipinski definition) is 4. The fourth-order valence-electron chi connectivity index (χ4n) is 4.17. The van der Waals surface area contributed by atoms with Crippen molar-refractivity contribution in [1.29, 1.82) is 0 Å². The number of phenolic OH excluding ortho intramolecular Hbond substituents is 1. The lowest BCUT2D eigenvalue weighted by molar-refractivity contribution is -0.115. The number of phenols is 1. The van der Waals surface area contributed by atoms with Crippen molar-refractivity contribution < 1.29 is 19.1 Å². The first-order valence-corrected chi connectivity index (χ1v) is 11.2. The number of anilines is 1. The summed E-state index contributed by atoms with van der Waals surface area (Å²) in [6.07, 6.45) is 4.41. The zero-order chi connectivity index (χ0) is 23.4. The van der Waals surface area contributed by atoms with Gasteiger partial charge in [-0.15, -0.1) is 0 Å². The topological polar surface area (TPSA) is 96.3 Å². The predicted octanol–water partition coefficient (Wildman–Crippen LogP) is 5.16. The Labute approximate surface area is 191 Å². The highest BCUT2D eigenvalue weighted by Crippen LogP contribution is 2.38. The molecule has 0 radical (unpaired) electrons. The molecule has 1 heterocycles. The number of rotatable bonds is 6. The molecule has 0 saturated heterocycles. The molecule has 3 aromatic rings. The van der Waals surface area contributed by atoms with Crippen LogP contribution in [0.15, 0.2) is 48.5 Å². The third-order valence-corrected chi connectivity index (χ3v) is 5.97. The van der Waals surface area contributed by atoms with E-state index in [0.717, 1.165) is 31.4 Å². The van der Waals surface area contributed by atoms with Crippen LogP contribution in [-0.4, -0.2) is 26.8 Å². The van der Waals surface area contributed by atoms with Gasteiger partial charge in [-0.05, 0) is 37.1 Å². The van der Waals surface area contributed by atoms with Gasteiger partial charge in [0.1, 0.15) is 11.6 Å². The molecular formula is C25H27FN4O3. The summed E-state index contributed by atoms with van der Waals surface area (Å²) < 4.78 is 15.3. The second kappa shape index (κ2) is 9.85. The van der Waals surface area contributed by atoms with E-state index in [4.69, 9.17) is 0 Å². The molecule has 2 aromatic carbocycles. The lowest BCUT2D eigenvalue weighted by Gasteiger charge is -2.12. The first-order chi connectivity index (χ1) is 16.0. The van der Waals surface area contributed by atoms with Crippen LogP contribution in [0.2, 0.25) is 0 Å². The summed E-state index contributed by atoms with van der Waals surface area (Å²) in [6, 6.07) is 12.5. The van der Waals surface area contributed by atoms with Crippen molar-refractivity contribution in [3.8, 4) is 17.0 Å². The quantitative estimate of drug-likeness (QED) is 0.483. The van der Waals surface area contributed by atoms with Crippen molar-refractivity contribution in [1.82, 2.24) is 15.1 Å². The van der Waals surface area contributed by atoms with Crippen molar-refractivity contribution in [3.63, 3.8) is 0 Å². The molecule has 0 aliphatic heterocycles.